The Morgan fingerprint density at radius 1 is 0.359 bits per heavy atom. The molecule has 0 heterocycles. The van der Waals surface area contributed by atoms with E-state index in [9.17, 15) is 78.0 Å². The first kappa shape index (κ1) is 72.5. The van der Waals surface area contributed by atoms with Crippen LogP contribution in [0.2, 0.25) is 0 Å². The molecule has 78 heavy (non-hydrogen) atoms. The van der Waals surface area contributed by atoms with E-state index in [1.54, 1.807) is 0 Å². The van der Waals surface area contributed by atoms with Crippen molar-refractivity contribution in [1.82, 2.24) is 35.4 Å². The molecule has 27 heteroatoms. The number of unbranched alkanes of at least 4 members (excludes halogenated alkanes) is 14. The maximum Gasteiger partial charge on any atom is 0.326 e. The summed E-state index contributed by atoms with van der Waals surface area (Å²) in [4.78, 5) is 143. The molecular weight excluding hydrogens is 1140 g/mol. The SMILES string of the molecule is CC(=O)[C@H](CCCCNC(=O)CC[C@H](NC(=O)CC[C@H](NC(=O)COCCOCCNC(=O)CC[C@H](NC(=O)CC[C@H](NC(=O)CCCCCCCCCCCCCCCCC(=O)O)C(=O)O)C(=O)O)C(=O)O)C(=O)O)NI. The molecule has 12 N–H and O–H groups in total. The Balaban J connectivity index is 4.30. The monoisotopic (exact) mass is 1230 g/mol. The lowest BCUT2D eigenvalue weighted by molar-refractivity contribution is -0.144. The standard InChI is InChI=1S/C51H86IN7O19/c1-35(60)36(59-52)18-16-17-29-53-41(61)25-21-37(48(69)70)56-45(65)28-24-40(51(75)76)58-46(66)34-78-33-32-77-31-30-54-42(62)26-22-38(49(71)72)57-44(64)27-23-39(50(73)74)55-43(63)19-14-12-10-8-6-4-2-3-5-7-9-11-13-15-20-47(67)68/h36-40,59H,2-34H2,1H3,(H,53,61)(H,54,62)(H,55,63)(H,56,65)(H,57,64)(H,58,66)(H,67,68)(H,69,70)(H,71,72)(H,73,74)(H,75,76)/t36-,37-,38-,39-,40-/m0/s1. The van der Waals surface area contributed by atoms with Gasteiger partial charge in [0.2, 0.25) is 35.4 Å². The van der Waals surface area contributed by atoms with E-state index >= 15 is 0 Å². The third-order valence-electron chi connectivity index (χ3n) is 12.3. The van der Waals surface area contributed by atoms with Gasteiger partial charge in [-0.1, -0.05) is 77.0 Å². The Morgan fingerprint density at radius 3 is 1.09 bits per heavy atom. The van der Waals surface area contributed by atoms with Gasteiger partial charge in [-0.25, -0.2) is 19.2 Å². The van der Waals surface area contributed by atoms with Gasteiger partial charge in [0.1, 0.15) is 36.6 Å². The number of carboxylic acid groups (broad SMARTS) is 5. The minimum atomic E-state index is -1.51. The number of carbonyl (C=O) groups is 12. The van der Waals surface area contributed by atoms with E-state index in [1.165, 1.54) is 32.6 Å². The molecule has 0 rings (SSSR count). The number of halogens is 1. The zero-order chi connectivity index (χ0) is 58.5. The first-order chi connectivity index (χ1) is 37.2. The maximum atomic E-state index is 12.6. The van der Waals surface area contributed by atoms with Gasteiger partial charge >= 0.3 is 29.8 Å². The summed E-state index contributed by atoms with van der Waals surface area (Å²) in [7, 11) is 0. The van der Waals surface area contributed by atoms with Crippen LogP contribution in [-0.2, 0) is 67.0 Å². The summed E-state index contributed by atoms with van der Waals surface area (Å²) < 4.78 is 13.4. The lowest BCUT2D eigenvalue weighted by Crippen LogP contribution is -2.45. The molecule has 0 radical (unpaired) electrons. The van der Waals surface area contributed by atoms with Crippen LogP contribution in [0.5, 0.6) is 0 Å². The lowest BCUT2D eigenvalue weighted by Gasteiger charge is -2.17. The number of hydrogen-bond acceptors (Lipinski definition) is 15. The molecule has 0 fully saturated rings. The van der Waals surface area contributed by atoms with Crippen LogP contribution in [0.4, 0.5) is 0 Å². The quantitative estimate of drug-likeness (QED) is 0.0236. The van der Waals surface area contributed by atoms with Gasteiger partial charge in [-0.15, -0.1) is 0 Å². The molecule has 0 spiro atoms. The zero-order valence-electron chi connectivity index (χ0n) is 45.1. The highest BCUT2D eigenvalue weighted by molar-refractivity contribution is 14.1. The predicted molar refractivity (Wildman–Crippen MR) is 290 cm³/mol. The Hall–Kier alpha value is -5.55. The Bertz CT molecular complexity index is 1860. The van der Waals surface area contributed by atoms with E-state index in [4.69, 9.17) is 14.6 Å². The third-order valence-corrected chi connectivity index (χ3v) is 13.0. The van der Waals surface area contributed by atoms with Gasteiger partial charge in [0.05, 0.1) is 25.9 Å². The van der Waals surface area contributed by atoms with Crippen molar-refractivity contribution >= 4 is 93.9 Å². The van der Waals surface area contributed by atoms with E-state index in [0.29, 0.717) is 32.2 Å². The van der Waals surface area contributed by atoms with Crippen molar-refractivity contribution in [3.8, 4) is 0 Å². The molecule has 446 valence electrons. The summed E-state index contributed by atoms with van der Waals surface area (Å²) in [6, 6.07) is -6.04. The van der Waals surface area contributed by atoms with Crippen molar-refractivity contribution in [2.45, 2.75) is 210 Å². The van der Waals surface area contributed by atoms with Crippen LogP contribution in [0.1, 0.15) is 180 Å². The third kappa shape index (κ3) is 41.5. The average molecular weight is 1230 g/mol. The fourth-order valence-corrected chi connectivity index (χ4v) is 8.46. The van der Waals surface area contributed by atoms with E-state index in [2.05, 4.69) is 35.4 Å². The highest BCUT2D eigenvalue weighted by atomic mass is 127. The molecule has 6 amide bonds. The highest BCUT2D eigenvalue weighted by Gasteiger charge is 2.26. The topological polar surface area (TPSA) is 409 Å². The van der Waals surface area contributed by atoms with Crippen LogP contribution in [0.3, 0.4) is 0 Å². The first-order valence-electron chi connectivity index (χ1n) is 27.0. The molecule has 0 bridgehead atoms. The minimum Gasteiger partial charge on any atom is -0.481 e. The number of ketones is 1. The fraction of sp³-hybridized carbons (Fsp3) is 0.765. The van der Waals surface area contributed by atoms with Crippen molar-refractivity contribution in [3.05, 3.63) is 0 Å². The van der Waals surface area contributed by atoms with Gasteiger partial charge in [0, 0.05) is 74.5 Å². The number of carboxylic acids is 5. The van der Waals surface area contributed by atoms with Gasteiger partial charge in [-0.2, -0.15) is 0 Å². The highest BCUT2D eigenvalue weighted by Crippen LogP contribution is 2.14. The van der Waals surface area contributed by atoms with Crippen molar-refractivity contribution in [1.29, 1.82) is 0 Å². The van der Waals surface area contributed by atoms with Crippen LogP contribution in [0, 0.1) is 0 Å². The first-order valence-corrected chi connectivity index (χ1v) is 28.1. The molecule has 0 aliphatic carbocycles. The van der Waals surface area contributed by atoms with E-state index < -0.39 is 109 Å². The van der Waals surface area contributed by atoms with E-state index in [1.807, 2.05) is 22.9 Å². The van der Waals surface area contributed by atoms with E-state index in [-0.39, 0.29) is 89.6 Å². The smallest absolute Gasteiger partial charge is 0.326 e. The predicted octanol–water partition coefficient (Wildman–Crippen LogP) is 3.04. The molecule has 0 saturated carbocycles. The molecule has 0 aliphatic rings. The Kier molecular flexibility index (Phi) is 43.1. The zero-order valence-corrected chi connectivity index (χ0v) is 47.2. The molecule has 0 unspecified atom stereocenters. The largest absolute Gasteiger partial charge is 0.481 e. The van der Waals surface area contributed by atoms with Crippen molar-refractivity contribution in [2.24, 2.45) is 0 Å². The second-order valence-electron chi connectivity index (χ2n) is 19.0. The molecule has 0 aliphatic heterocycles. The number of hydrogen-bond donors (Lipinski definition) is 12. The number of amides is 6. The number of ether oxygens (including phenoxy) is 2. The number of nitrogens with one attached hydrogen (secondary N) is 7. The second kappa shape index (κ2) is 46.4. The molecule has 0 aromatic rings. The van der Waals surface area contributed by atoms with Gasteiger partial charge < -0.3 is 66.9 Å². The summed E-state index contributed by atoms with van der Waals surface area (Å²) in [5.74, 6) is -10.2. The minimum absolute atomic E-state index is 0.00000805. The second-order valence-corrected chi connectivity index (χ2v) is 19.6. The molecule has 0 aromatic carbocycles. The average Bonchev–Trinajstić information content (AvgIpc) is 3.37. The normalized spacial score (nSPS) is 12.9. The van der Waals surface area contributed by atoms with Gasteiger partial charge in [0.25, 0.3) is 0 Å². The summed E-state index contributed by atoms with van der Waals surface area (Å²) in [6.45, 7) is 1.07. The molecule has 0 aromatic heterocycles. The Morgan fingerprint density at radius 2 is 0.705 bits per heavy atom. The van der Waals surface area contributed by atoms with Gasteiger partial charge in [0.15, 0.2) is 0 Å². The molecule has 26 nitrogen and oxygen atoms in total. The molecular formula is C51H86IN7O19. The van der Waals surface area contributed by atoms with Crippen LogP contribution in [-0.4, -0.2) is 166 Å². The summed E-state index contributed by atoms with van der Waals surface area (Å²) >= 11 is 1.90. The molecule has 0 saturated heterocycles. The molecule has 5 atom stereocenters. The van der Waals surface area contributed by atoms with Crippen LogP contribution < -0.4 is 35.4 Å². The van der Waals surface area contributed by atoms with Gasteiger partial charge in [-0.3, -0.25) is 41.9 Å². The van der Waals surface area contributed by atoms with Crippen LogP contribution >= 0.6 is 22.9 Å². The fourth-order valence-electron chi connectivity index (χ4n) is 7.71. The lowest BCUT2D eigenvalue weighted by atomic mass is 10.0. The number of rotatable bonds is 52. The number of carbonyl (C=O) groups excluding carboxylic acids is 7. The van der Waals surface area contributed by atoms with Crippen LogP contribution in [0.25, 0.3) is 0 Å². The summed E-state index contributed by atoms with van der Waals surface area (Å²) in [5, 5.41) is 61.3. The number of aliphatic carboxylic acids is 5. The summed E-state index contributed by atoms with van der Waals surface area (Å²) in [6.07, 6.45) is 13.9. The van der Waals surface area contributed by atoms with Crippen molar-refractivity contribution in [2.75, 3.05) is 39.5 Å². The van der Waals surface area contributed by atoms with E-state index in [0.717, 1.165) is 57.8 Å². The Labute approximate surface area is 470 Å². The number of Topliss-reactive ketones (excluding diaryl/α,β-unsaturated/α-hetero) is 1. The van der Waals surface area contributed by atoms with Crippen molar-refractivity contribution < 1.29 is 92.5 Å². The summed E-state index contributed by atoms with van der Waals surface area (Å²) in [5.41, 5.74) is 0. The maximum absolute atomic E-state index is 12.6. The van der Waals surface area contributed by atoms with Gasteiger partial charge in [-0.05, 0) is 64.7 Å². The van der Waals surface area contributed by atoms with Crippen LogP contribution in [0.15, 0.2) is 0 Å². The van der Waals surface area contributed by atoms with Crippen molar-refractivity contribution in [3.63, 3.8) is 0 Å².